The maximum atomic E-state index is 13.5. The fourth-order valence-corrected chi connectivity index (χ4v) is 2.86. The van der Waals surface area contributed by atoms with Crippen LogP contribution in [-0.2, 0) is 9.53 Å². The molecule has 0 radical (unpaired) electrons. The SMILES string of the molecule is Nc1ccc(F)c(NC(=O)CN2CC3CCC(C2)O3)c1. The molecule has 2 heterocycles. The molecule has 108 valence electrons. The van der Waals surface area contributed by atoms with Gasteiger partial charge in [0.2, 0.25) is 5.91 Å². The van der Waals surface area contributed by atoms with Crippen molar-refractivity contribution in [2.45, 2.75) is 25.0 Å². The van der Waals surface area contributed by atoms with Crippen molar-refractivity contribution in [3.05, 3.63) is 24.0 Å². The van der Waals surface area contributed by atoms with Gasteiger partial charge in [0, 0.05) is 18.8 Å². The minimum Gasteiger partial charge on any atom is -0.399 e. The van der Waals surface area contributed by atoms with E-state index >= 15 is 0 Å². The molecule has 0 aromatic heterocycles. The highest BCUT2D eigenvalue weighted by Gasteiger charge is 2.34. The van der Waals surface area contributed by atoms with E-state index in [1.54, 1.807) is 0 Å². The van der Waals surface area contributed by atoms with Crippen molar-refractivity contribution in [3.8, 4) is 0 Å². The Morgan fingerprint density at radius 1 is 1.40 bits per heavy atom. The Labute approximate surface area is 116 Å². The van der Waals surface area contributed by atoms with E-state index in [4.69, 9.17) is 10.5 Å². The predicted molar refractivity (Wildman–Crippen MR) is 73.8 cm³/mol. The zero-order valence-electron chi connectivity index (χ0n) is 11.1. The van der Waals surface area contributed by atoms with Gasteiger partial charge in [-0.3, -0.25) is 9.69 Å². The monoisotopic (exact) mass is 279 g/mol. The summed E-state index contributed by atoms with van der Waals surface area (Å²) < 4.78 is 19.3. The number of amides is 1. The van der Waals surface area contributed by atoms with Crippen LogP contribution in [0.3, 0.4) is 0 Å². The highest BCUT2D eigenvalue weighted by Crippen LogP contribution is 2.26. The number of benzene rings is 1. The highest BCUT2D eigenvalue weighted by atomic mass is 19.1. The topological polar surface area (TPSA) is 67.6 Å². The summed E-state index contributed by atoms with van der Waals surface area (Å²) in [6, 6.07) is 4.14. The Kier molecular flexibility index (Phi) is 3.58. The van der Waals surface area contributed by atoms with Gasteiger partial charge >= 0.3 is 0 Å². The van der Waals surface area contributed by atoms with Crippen LogP contribution in [0.25, 0.3) is 0 Å². The molecule has 2 fully saturated rings. The van der Waals surface area contributed by atoms with Gasteiger partial charge in [-0.05, 0) is 31.0 Å². The van der Waals surface area contributed by atoms with Crippen LogP contribution < -0.4 is 11.1 Å². The maximum absolute atomic E-state index is 13.5. The molecule has 1 aromatic carbocycles. The fraction of sp³-hybridized carbons (Fsp3) is 0.500. The van der Waals surface area contributed by atoms with Gasteiger partial charge in [0.05, 0.1) is 24.4 Å². The molecule has 2 unspecified atom stereocenters. The zero-order valence-corrected chi connectivity index (χ0v) is 11.1. The van der Waals surface area contributed by atoms with Crippen LogP contribution >= 0.6 is 0 Å². The summed E-state index contributed by atoms with van der Waals surface area (Å²) in [7, 11) is 0. The molecule has 2 saturated heterocycles. The van der Waals surface area contributed by atoms with Gasteiger partial charge in [-0.1, -0.05) is 0 Å². The number of nitrogens with zero attached hydrogens (tertiary/aromatic N) is 1. The Hall–Kier alpha value is -1.66. The summed E-state index contributed by atoms with van der Waals surface area (Å²) in [6.45, 7) is 1.79. The molecule has 0 aliphatic carbocycles. The van der Waals surface area contributed by atoms with Gasteiger partial charge in [-0.2, -0.15) is 0 Å². The first-order chi connectivity index (χ1) is 9.60. The lowest BCUT2D eigenvalue weighted by Gasteiger charge is -2.31. The number of carbonyl (C=O) groups is 1. The fourth-order valence-electron chi connectivity index (χ4n) is 2.86. The number of carbonyl (C=O) groups excluding carboxylic acids is 1. The van der Waals surface area contributed by atoms with Crippen molar-refractivity contribution in [2.75, 3.05) is 30.7 Å². The molecule has 2 aliphatic heterocycles. The lowest BCUT2D eigenvalue weighted by Crippen LogP contribution is -2.45. The number of halogens is 1. The van der Waals surface area contributed by atoms with Gasteiger partial charge in [-0.15, -0.1) is 0 Å². The Balaban J connectivity index is 1.58. The number of nitrogen functional groups attached to an aromatic ring is 1. The van der Waals surface area contributed by atoms with Crippen molar-refractivity contribution in [2.24, 2.45) is 0 Å². The molecule has 5 nitrogen and oxygen atoms in total. The van der Waals surface area contributed by atoms with E-state index in [9.17, 15) is 9.18 Å². The van der Waals surface area contributed by atoms with E-state index in [-0.39, 0.29) is 30.3 Å². The Morgan fingerprint density at radius 3 is 2.80 bits per heavy atom. The number of anilines is 2. The first kappa shape index (κ1) is 13.3. The second-order valence-corrected chi connectivity index (χ2v) is 5.44. The molecule has 1 aromatic rings. The normalized spacial score (nSPS) is 25.6. The number of rotatable bonds is 3. The lowest BCUT2D eigenvalue weighted by atomic mass is 10.2. The van der Waals surface area contributed by atoms with Crippen LogP contribution in [-0.4, -0.2) is 42.6 Å². The minimum absolute atomic E-state index is 0.131. The average Bonchev–Trinajstić information content (AvgIpc) is 2.73. The minimum atomic E-state index is -0.477. The standard InChI is InChI=1S/C14H18FN3O2/c15-12-4-1-9(16)5-13(12)17-14(19)8-18-6-10-2-3-11(7-18)20-10/h1,4-5,10-11H,2-3,6-8,16H2,(H,17,19). The first-order valence-corrected chi connectivity index (χ1v) is 6.83. The smallest absolute Gasteiger partial charge is 0.238 e. The van der Waals surface area contributed by atoms with Crippen LogP contribution in [0.4, 0.5) is 15.8 Å². The summed E-state index contributed by atoms with van der Waals surface area (Å²) in [5, 5.41) is 2.57. The molecule has 2 bridgehead atoms. The summed E-state index contributed by atoms with van der Waals surface area (Å²) in [6.07, 6.45) is 2.61. The number of fused-ring (bicyclic) bond motifs is 2. The molecule has 1 amide bonds. The largest absolute Gasteiger partial charge is 0.399 e. The lowest BCUT2D eigenvalue weighted by molar-refractivity contribution is -0.119. The second kappa shape index (κ2) is 5.38. The van der Waals surface area contributed by atoms with Crippen LogP contribution in [0.15, 0.2) is 18.2 Å². The number of morpholine rings is 1. The molecule has 2 atom stereocenters. The van der Waals surface area contributed by atoms with Crippen LogP contribution in [0.2, 0.25) is 0 Å². The van der Waals surface area contributed by atoms with E-state index in [0.717, 1.165) is 25.9 Å². The van der Waals surface area contributed by atoms with Gasteiger partial charge < -0.3 is 15.8 Å². The maximum Gasteiger partial charge on any atom is 0.238 e. The summed E-state index contributed by atoms with van der Waals surface area (Å²) in [5.41, 5.74) is 6.14. The molecule has 2 aliphatic rings. The molecule has 6 heteroatoms. The quantitative estimate of drug-likeness (QED) is 0.816. The third-order valence-corrected chi connectivity index (χ3v) is 3.75. The second-order valence-electron chi connectivity index (χ2n) is 5.44. The van der Waals surface area contributed by atoms with Crippen molar-refractivity contribution in [3.63, 3.8) is 0 Å². The number of nitrogens with two attached hydrogens (primary N) is 1. The van der Waals surface area contributed by atoms with Crippen LogP contribution in [0.5, 0.6) is 0 Å². The van der Waals surface area contributed by atoms with Gasteiger partial charge in [0.1, 0.15) is 5.82 Å². The van der Waals surface area contributed by atoms with E-state index < -0.39 is 5.82 Å². The molecule has 3 N–H and O–H groups in total. The van der Waals surface area contributed by atoms with Crippen LogP contribution in [0.1, 0.15) is 12.8 Å². The molecule has 0 saturated carbocycles. The van der Waals surface area contributed by atoms with Crippen molar-refractivity contribution in [1.29, 1.82) is 0 Å². The van der Waals surface area contributed by atoms with Crippen LogP contribution in [0, 0.1) is 5.82 Å². The van der Waals surface area contributed by atoms with Gasteiger partial charge in [0.15, 0.2) is 0 Å². The molecule has 0 spiro atoms. The first-order valence-electron chi connectivity index (χ1n) is 6.83. The number of likely N-dealkylation sites (tertiary alicyclic amines) is 1. The highest BCUT2D eigenvalue weighted by molar-refractivity contribution is 5.92. The zero-order chi connectivity index (χ0) is 14.1. The van der Waals surface area contributed by atoms with Crippen molar-refractivity contribution in [1.82, 2.24) is 4.90 Å². The van der Waals surface area contributed by atoms with E-state index in [2.05, 4.69) is 10.2 Å². The summed E-state index contributed by atoms with van der Waals surface area (Å²) in [5.74, 6) is -0.703. The van der Waals surface area contributed by atoms with Gasteiger partial charge in [0.25, 0.3) is 0 Å². The number of nitrogens with one attached hydrogen (secondary N) is 1. The van der Waals surface area contributed by atoms with E-state index in [1.807, 2.05) is 0 Å². The van der Waals surface area contributed by atoms with Crippen molar-refractivity contribution < 1.29 is 13.9 Å². The molecular formula is C14H18FN3O2. The third kappa shape index (κ3) is 2.91. The van der Waals surface area contributed by atoms with Gasteiger partial charge in [-0.25, -0.2) is 4.39 Å². The summed E-state index contributed by atoms with van der Waals surface area (Å²) in [4.78, 5) is 14.0. The number of hydrogen-bond acceptors (Lipinski definition) is 4. The third-order valence-electron chi connectivity index (χ3n) is 3.75. The average molecular weight is 279 g/mol. The van der Waals surface area contributed by atoms with E-state index in [0.29, 0.717) is 5.69 Å². The predicted octanol–water partition coefficient (Wildman–Crippen LogP) is 1.21. The Bertz CT molecular complexity index is 511. The Morgan fingerprint density at radius 2 is 2.10 bits per heavy atom. The van der Waals surface area contributed by atoms with E-state index in [1.165, 1.54) is 18.2 Å². The molecule has 3 rings (SSSR count). The molecular weight excluding hydrogens is 261 g/mol. The summed E-state index contributed by atoms with van der Waals surface area (Å²) >= 11 is 0. The molecule has 20 heavy (non-hydrogen) atoms. The van der Waals surface area contributed by atoms with Crippen molar-refractivity contribution >= 4 is 17.3 Å². The number of ether oxygens (including phenoxy) is 1. The number of hydrogen-bond donors (Lipinski definition) is 2.